The molecule has 1 aromatic rings. The average Bonchev–Trinajstić information content (AvgIpc) is 2.48. The fraction of sp³-hybridized carbons (Fsp3) is 0.429. The summed E-state index contributed by atoms with van der Waals surface area (Å²) in [6, 6.07) is 7.21. The lowest BCUT2D eigenvalue weighted by molar-refractivity contribution is -0.116. The fourth-order valence-electron chi connectivity index (χ4n) is 1.92. The number of benzene rings is 1. The third-order valence-electron chi connectivity index (χ3n) is 3.28. The molecule has 5 nitrogen and oxygen atoms in total. The fourth-order valence-corrected chi connectivity index (χ4v) is 2.82. The second-order valence-corrected chi connectivity index (χ2v) is 5.88. The van der Waals surface area contributed by atoms with Gasteiger partial charge in [-0.25, -0.2) is 4.79 Å². The molecule has 0 aromatic heterocycles. The van der Waals surface area contributed by atoms with Gasteiger partial charge in [0.25, 0.3) is 0 Å². The smallest absolute Gasteiger partial charge is 0.321 e. The van der Waals surface area contributed by atoms with Gasteiger partial charge in [-0.1, -0.05) is 0 Å². The first kappa shape index (κ1) is 14.7. The van der Waals surface area contributed by atoms with Crippen molar-refractivity contribution in [3.63, 3.8) is 0 Å². The molecule has 6 heteroatoms. The van der Waals surface area contributed by atoms with Gasteiger partial charge in [0.1, 0.15) is 0 Å². The Balaban J connectivity index is 1.96. The third kappa shape index (κ3) is 3.66. The Hall–Kier alpha value is -1.69. The van der Waals surface area contributed by atoms with Gasteiger partial charge in [0, 0.05) is 49.9 Å². The van der Waals surface area contributed by atoms with Crippen molar-refractivity contribution in [3.05, 3.63) is 24.3 Å². The number of amides is 3. The Bertz CT molecular complexity index is 484. The Labute approximate surface area is 123 Å². The zero-order valence-corrected chi connectivity index (χ0v) is 12.6. The maximum Gasteiger partial charge on any atom is 0.321 e. The van der Waals surface area contributed by atoms with Crippen LogP contribution in [-0.2, 0) is 4.79 Å². The van der Waals surface area contributed by atoms with Gasteiger partial charge in [0.15, 0.2) is 0 Å². The molecule has 20 heavy (non-hydrogen) atoms. The molecule has 0 unspecified atom stereocenters. The maximum absolute atomic E-state index is 12.0. The summed E-state index contributed by atoms with van der Waals surface area (Å²) in [6.45, 7) is 3.10. The van der Waals surface area contributed by atoms with Crippen LogP contribution >= 0.6 is 11.8 Å². The molecule has 3 amide bonds. The van der Waals surface area contributed by atoms with Crippen LogP contribution in [0.2, 0.25) is 0 Å². The normalized spacial score (nSPS) is 14.8. The number of urea groups is 1. The molecule has 1 aromatic carbocycles. The first-order valence-electron chi connectivity index (χ1n) is 6.56. The predicted molar refractivity (Wildman–Crippen MR) is 83.4 cm³/mol. The van der Waals surface area contributed by atoms with Gasteiger partial charge in [-0.05, 0) is 24.3 Å². The molecule has 1 N–H and O–H groups in total. The average molecular weight is 293 g/mol. The molecule has 1 saturated heterocycles. The zero-order chi connectivity index (χ0) is 14.5. The third-order valence-corrected chi connectivity index (χ3v) is 4.22. The van der Waals surface area contributed by atoms with E-state index < -0.39 is 0 Å². The van der Waals surface area contributed by atoms with E-state index in [0.717, 1.165) is 36.0 Å². The van der Waals surface area contributed by atoms with Gasteiger partial charge in [0.05, 0.1) is 0 Å². The molecule has 0 bridgehead atoms. The van der Waals surface area contributed by atoms with Crippen LogP contribution in [0, 0.1) is 0 Å². The number of thioether (sulfide) groups is 1. The van der Waals surface area contributed by atoms with E-state index in [9.17, 15) is 9.59 Å². The van der Waals surface area contributed by atoms with Gasteiger partial charge in [-0.3, -0.25) is 4.79 Å². The predicted octanol–water partition coefficient (Wildman–Crippen LogP) is 2.25. The highest BCUT2D eigenvalue weighted by Crippen LogP contribution is 2.18. The van der Waals surface area contributed by atoms with E-state index in [1.54, 1.807) is 11.9 Å². The highest BCUT2D eigenvalue weighted by molar-refractivity contribution is 7.99. The van der Waals surface area contributed by atoms with Gasteiger partial charge in [0.2, 0.25) is 5.91 Å². The summed E-state index contributed by atoms with van der Waals surface area (Å²) in [5, 5.41) is 2.88. The van der Waals surface area contributed by atoms with Crippen LogP contribution in [0.1, 0.15) is 6.92 Å². The highest BCUT2D eigenvalue weighted by atomic mass is 32.2. The molecule has 0 aliphatic carbocycles. The first-order valence-corrected chi connectivity index (χ1v) is 7.71. The minimum atomic E-state index is -0.0574. The van der Waals surface area contributed by atoms with Crippen molar-refractivity contribution in [3.8, 4) is 0 Å². The summed E-state index contributed by atoms with van der Waals surface area (Å²) < 4.78 is 0. The summed E-state index contributed by atoms with van der Waals surface area (Å²) in [4.78, 5) is 26.7. The number of nitrogens with zero attached hydrogens (tertiary/aromatic N) is 2. The number of hydrogen-bond donors (Lipinski definition) is 1. The van der Waals surface area contributed by atoms with Gasteiger partial charge in [-0.2, -0.15) is 11.8 Å². The Morgan fingerprint density at radius 3 is 2.35 bits per heavy atom. The first-order chi connectivity index (χ1) is 9.58. The number of nitrogens with one attached hydrogen (secondary N) is 1. The lowest BCUT2D eigenvalue weighted by atomic mass is 10.2. The van der Waals surface area contributed by atoms with Crippen molar-refractivity contribution in [1.29, 1.82) is 0 Å². The van der Waals surface area contributed by atoms with Crippen LogP contribution in [0.4, 0.5) is 16.2 Å². The van der Waals surface area contributed by atoms with E-state index in [4.69, 9.17) is 0 Å². The summed E-state index contributed by atoms with van der Waals surface area (Å²) >= 11 is 1.87. The van der Waals surface area contributed by atoms with E-state index in [0.29, 0.717) is 0 Å². The number of rotatable bonds is 2. The lowest BCUT2D eigenvalue weighted by Gasteiger charge is -2.26. The number of carbonyl (C=O) groups is 2. The van der Waals surface area contributed by atoms with Crippen molar-refractivity contribution in [2.75, 3.05) is 41.9 Å². The van der Waals surface area contributed by atoms with E-state index >= 15 is 0 Å². The van der Waals surface area contributed by atoms with Crippen LogP contribution in [0.25, 0.3) is 0 Å². The van der Waals surface area contributed by atoms with Crippen molar-refractivity contribution in [2.45, 2.75) is 6.92 Å². The van der Waals surface area contributed by atoms with Crippen LogP contribution in [-0.4, -0.2) is 48.5 Å². The molecule has 1 fully saturated rings. The van der Waals surface area contributed by atoms with Crippen molar-refractivity contribution in [2.24, 2.45) is 0 Å². The summed E-state index contributed by atoms with van der Waals surface area (Å²) in [5.41, 5.74) is 1.55. The molecule has 1 heterocycles. The van der Waals surface area contributed by atoms with E-state index in [-0.39, 0.29) is 11.9 Å². The summed E-state index contributed by atoms with van der Waals surface area (Å²) in [6.07, 6.45) is 0. The van der Waals surface area contributed by atoms with Crippen molar-refractivity contribution >= 4 is 35.1 Å². The molecule has 0 saturated carbocycles. The van der Waals surface area contributed by atoms with Gasteiger partial charge < -0.3 is 15.1 Å². The minimum absolute atomic E-state index is 0.0207. The van der Waals surface area contributed by atoms with Gasteiger partial charge in [-0.15, -0.1) is 0 Å². The molecular weight excluding hydrogens is 274 g/mol. The topological polar surface area (TPSA) is 52.7 Å². The molecule has 0 radical (unpaired) electrons. The standard InChI is InChI=1S/C14H19N3O2S/c1-11(18)16(2)13-5-3-12(4-6-13)15-14(19)17-7-9-20-10-8-17/h3-6H,7-10H2,1-2H3,(H,15,19). The van der Waals surface area contributed by atoms with Crippen LogP contribution < -0.4 is 10.2 Å². The Morgan fingerprint density at radius 2 is 1.80 bits per heavy atom. The van der Waals surface area contributed by atoms with Crippen molar-refractivity contribution < 1.29 is 9.59 Å². The molecule has 2 rings (SSSR count). The second kappa shape index (κ2) is 6.65. The van der Waals surface area contributed by atoms with Crippen molar-refractivity contribution in [1.82, 2.24) is 4.90 Å². The van der Waals surface area contributed by atoms with Gasteiger partial charge >= 0.3 is 6.03 Å². The Kier molecular flexibility index (Phi) is 4.89. The quantitative estimate of drug-likeness (QED) is 0.910. The second-order valence-electron chi connectivity index (χ2n) is 4.65. The lowest BCUT2D eigenvalue weighted by Crippen LogP contribution is -2.40. The highest BCUT2D eigenvalue weighted by Gasteiger charge is 2.16. The molecule has 108 valence electrons. The van der Waals surface area contributed by atoms with E-state index in [1.807, 2.05) is 40.9 Å². The SMILES string of the molecule is CC(=O)N(C)c1ccc(NC(=O)N2CCSCC2)cc1. The maximum atomic E-state index is 12.0. The van der Waals surface area contributed by atoms with E-state index in [1.165, 1.54) is 6.92 Å². The largest absolute Gasteiger partial charge is 0.323 e. The van der Waals surface area contributed by atoms with Crippen LogP contribution in [0.15, 0.2) is 24.3 Å². The molecule has 0 atom stereocenters. The molecular formula is C14H19N3O2S. The molecule has 1 aliphatic rings. The van der Waals surface area contributed by atoms with Crippen LogP contribution in [0.3, 0.4) is 0 Å². The number of anilines is 2. The molecule has 1 aliphatic heterocycles. The van der Waals surface area contributed by atoms with E-state index in [2.05, 4.69) is 5.32 Å². The zero-order valence-electron chi connectivity index (χ0n) is 11.8. The Morgan fingerprint density at radius 1 is 1.20 bits per heavy atom. The summed E-state index contributed by atoms with van der Waals surface area (Å²) in [7, 11) is 1.72. The molecule has 0 spiro atoms. The summed E-state index contributed by atoms with van der Waals surface area (Å²) in [5.74, 6) is 1.97. The number of hydrogen-bond acceptors (Lipinski definition) is 3. The minimum Gasteiger partial charge on any atom is -0.323 e. The van der Waals surface area contributed by atoms with Crippen LogP contribution in [0.5, 0.6) is 0 Å². The monoisotopic (exact) mass is 293 g/mol. The number of carbonyl (C=O) groups excluding carboxylic acids is 2.